The van der Waals surface area contributed by atoms with E-state index in [-0.39, 0.29) is 5.54 Å². The molecule has 0 unspecified atom stereocenters. The van der Waals surface area contributed by atoms with E-state index in [0.29, 0.717) is 0 Å². The highest BCUT2D eigenvalue weighted by atomic mass is 79.9. The molecular weight excluding hydrogens is 280 g/mol. The Balaban J connectivity index is 2.38. The third-order valence-electron chi connectivity index (χ3n) is 3.00. The molecule has 0 bridgehead atoms. The second-order valence-corrected chi connectivity index (χ2v) is 5.90. The van der Waals surface area contributed by atoms with Crippen LogP contribution in [0.4, 0.5) is 5.69 Å². The monoisotopic (exact) mass is 298 g/mol. The predicted molar refractivity (Wildman–Crippen MR) is 74.4 cm³/mol. The number of hydrogen-bond acceptors (Lipinski definition) is 3. The van der Waals surface area contributed by atoms with Crippen molar-refractivity contribution in [2.45, 2.75) is 19.4 Å². The number of hydrogen-bond donors (Lipinski definition) is 1. The Hall–Kier alpha value is -0.580. The maximum absolute atomic E-state index is 6.25. The average Bonchev–Trinajstić information content (AvgIpc) is 2.29. The van der Waals surface area contributed by atoms with Gasteiger partial charge in [0.25, 0.3) is 0 Å². The molecule has 0 aliphatic carbocycles. The summed E-state index contributed by atoms with van der Waals surface area (Å²) in [6.07, 6.45) is 0. The van der Waals surface area contributed by atoms with E-state index in [1.807, 2.05) is 13.8 Å². The number of ether oxygens (including phenoxy) is 1. The van der Waals surface area contributed by atoms with Gasteiger partial charge in [-0.25, -0.2) is 0 Å². The van der Waals surface area contributed by atoms with E-state index < -0.39 is 0 Å². The van der Waals surface area contributed by atoms with Crippen LogP contribution in [0.25, 0.3) is 0 Å². The molecule has 1 saturated heterocycles. The molecule has 3 nitrogen and oxygen atoms in total. The molecule has 0 amide bonds. The molecule has 1 aliphatic rings. The van der Waals surface area contributed by atoms with Crippen molar-refractivity contribution in [2.75, 3.05) is 31.2 Å². The van der Waals surface area contributed by atoms with E-state index in [0.717, 1.165) is 30.8 Å². The largest absolute Gasteiger partial charge is 0.378 e. The smallest absolute Gasteiger partial charge is 0.0642 e. The molecule has 1 fully saturated rings. The van der Waals surface area contributed by atoms with Crippen LogP contribution in [0.5, 0.6) is 0 Å². The Bertz CT molecular complexity index is 395. The number of anilines is 1. The van der Waals surface area contributed by atoms with Crippen LogP contribution >= 0.6 is 15.9 Å². The second-order valence-electron chi connectivity index (χ2n) is 4.98. The van der Waals surface area contributed by atoms with Gasteiger partial charge in [0.15, 0.2) is 0 Å². The first-order chi connectivity index (χ1) is 7.98. The number of benzene rings is 1. The SMILES string of the molecule is CC(C)(N)c1cc(Br)ccc1N1CCOCC1. The van der Waals surface area contributed by atoms with Crippen molar-refractivity contribution in [2.24, 2.45) is 5.73 Å². The van der Waals surface area contributed by atoms with Crippen molar-refractivity contribution in [1.82, 2.24) is 0 Å². The summed E-state index contributed by atoms with van der Waals surface area (Å²) >= 11 is 3.51. The maximum atomic E-state index is 6.25. The number of morpholine rings is 1. The van der Waals surface area contributed by atoms with Gasteiger partial charge in [-0.15, -0.1) is 0 Å². The molecule has 2 N–H and O–H groups in total. The molecule has 0 spiro atoms. The molecule has 0 saturated carbocycles. The van der Waals surface area contributed by atoms with Gasteiger partial charge in [0, 0.05) is 28.8 Å². The normalized spacial score (nSPS) is 17.3. The Morgan fingerprint density at radius 3 is 2.53 bits per heavy atom. The molecule has 1 aromatic carbocycles. The molecule has 4 heteroatoms. The Morgan fingerprint density at radius 1 is 1.29 bits per heavy atom. The van der Waals surface area contributed by atoms with Gasteiger partial charge in [-0.2, -0.15) is 0 Å². The van der Waals surface area contributed by atoms with Gasteiger partial charge < -0.3 is 15.4 Å². The highest BCUT2D eigenvalue weighted by Gasteiger charge is 2.23. The quantitative estimate of drug-likeness (QED) is 0.912. The van der Waals surface area contributed by atoms with Gasteiger partial charge in [0.05, 0.1) is 13.2 Å². The van der Waals surface area contributed by atoms with Crippen LogP contribution in [0, 0.1) is 0 Å². The number of halogens is 1. The lowest BCUT2D eigenvalue weighted by molar-refractivity contribution is 0.122. The third-order valence-corrected chi connectivity index (χ3v) is 3.50. The molecule has 1 aromatic rings. The van der Waals surface area contributed by atoms with Gasteiger partial charge in [-0.05, 0) is 37.6 Å². The maximum Gasteiger partial charge on any atom is 0.0642 e. The van der Waals surface area contributed by atoms with Gasteiger partial charge in [0.2, 0.25) is 0 Å². The van der Waals surface area contributed by atoms with Crippen molar-refractivity contribution in [3.63, 3.8) is 0 Å². The minimum Gasteiger partial charge on any atom is -0.378 e. The number of nitrogens with zero attached hydrogens (tertiary/aromatic N) is 1. The lowest BCUT2D eigenvalue weighted by atomic mass is 9.93. The van der Waals surface area contributed by atoms with E-state index in [1.54, 1.807) is 0 Å². The second kappa shape index (κ2) is 4.96. The minimum absolute atomic E-state index is 0.336. The Kier molecular flexibility index (Phi) is 3.76. The highest BCUT2D eigenvalue weighted by Crippen LogP contribution is 2.32. The van der Waals surface area contributed by atoms with Crippen LogP contribution < -0.4 is 10.6 Å². The zero-order valence-electron chi connectivity index (χ0n) is 10.4. The van der Waals surface area contributed by atoms with E-state index in [2.05, 4.69) is 39.0 Å². The van der Waals surface area contributed by atoms with Crippen LogP contribution in [0.3, 0.4) is 0 Å². The van der Waals surface area contributed by atoms with Crippen LogP contribution in [0.1, 0.15) is 19.4 Å². The summed E-state index contributed by atoms with van der Waals surface area (Å²) in [5.74, 6) is 0. The topological polar surface area (TPSA) is 38.5 Å². The van der Waals surface area contributed by atoms with Gasteiger partial charge >= 0.3 is 0 Å². The first kappa shape index (κ1) is 12.9. The molecule has 1 aliphatic heterocycles. The van der Waals surface area contributed by atoms with Crippen LogP contribution in [0.2, 0.25) is 0 Å². The minimum atomic E-state index is -0.336. The molecule has 1 heterocycles. The summed E-state index contributed by atoms with van der Waals surface area (Å²) in [6, 6.07) is 6.32. The van der Waals surface area contributed by atoms with Crippen molar-refractivity contribution < 1.29 is 4.74 Å². The summed E-state index contributed by atoms with van der Waals surface area (Å²) in [5, 5.41) is 0. The predicted octanol–water partition coefficient (Wildman–Crippen LogP) is 2.48. The van der Waals surface area contributed by atoms with E-state index in [9.17, 15) is 0 Å². The molecule has 2 rings (SSSR count). The average molecular weight is 299 g/mol. The van der Waals surface area contributed by atoms with Crippen LogP contribution in [-0.2, 0) is 10.3 Å². The molecule has 17 heavy (non-hydrogen) atoms. The van der Waals surface area contributed by atoms with Crippen molar-refractivity contribution in [3.05, 3.63) is 28.2 Å². The zero-order valence-corrected chi connectivity index (χ0v) is 12.0. The lowest BCUT2D eigenvalue weighted by Gasteiger charge is -2.34. The third kappa shape index (κ3) is 3.00. The summed E-state index contributed by atoms with van der Waals surface area (Å²) in [4.78, 5) is 2.35. The molecule has 94 valence electrons. The number of nitrogens with two attached hydrogens (primary N) is 1. The molecular formula is C13H19BrN2O. The first-order valence-electron chi connectivity index (χ1n) is 5.90. The van der Waals surface area contributed by atoms with Gasteiger partial charge in [-0.1, -0.05) is 15.9 Å². The summed E-state index contributed by atoms with van der Waals surface area (Å²) in [6.45, 7) is 7.54. The molecule has 0 radical (unpaired) electrons. The fourth-order valence-corrected chi connectivity index (χ4v) is 2.47. The number of rotatable bonds is 2. The molecule has 0 atom stereocenters. The van der Waals surface area contributed by atoms with E-state index >= 15 is 0 Å². The van der Waals surface area contributed by atoms with Gasteiger partial charge in [-0.3, -0.25) is 0 Å². The Labute approximate surface area is 111 Å². The Morgan fingerprint density at radius 2 is 1.94 bits per heavy atom. The van der Waals surface area contributed by atoms with Crippen LogP contribution in [-0.4, -0.2) is 26.3 Å². The summed E-state index contributed by atoms with van der Waals surface area (Å²) in [7, 11) is 0. The summed E-state index contributed by atoms with van der Waals surface area (Å²) in [5.41, 5.74) is 8.32. The molecule has 0 aromatic heterocycles. The van der Waals surface area contributed by atoms with Crippen LogP contribution in [0.15, 0.2) is 22.7 Å². The first-order valence-corrected chi connectivity index (χ1v) is 6.69. The van der Waals surface area contributed by atoms with Crippen molar-refractivity contribution in [1.29, 1.82) is 0 Å². The van der Waals surface area contributed by atoms with E-state index in [1.165, 1.54) is 11.3 Å². The fourth-order valence-electron chi connectivity index (χ4n) is 2.10. The van der Waals surface area contributed by atoms with Crippen molar-refractivity contribution in [3.8, 4) is 0 Å². The van der Waals surface area contributed by atoms with Crippen molar-refractivity contribution >= 4 is 21.6 Å². The van der Waals surface area contributed by atoms with Gasteiger partial charge in [0.1, 0.15) is 0 Å². The standard InChI is InChI=1S/C13H19BrN2O/c1-13(2,15)11-9-10(14)3-4-12(11)16-5-7-17-8-6-16/h3-4,9H,5-8,15H2,1-2H3. The fraction of sp³-hybridized carbons (Fsp3) is 0.538. The highest BCUT2D eigenvalue weighted by molar-refractivity contribution is 9.10. The van der Waals surface area contributed by atoms with E-state index in [4.69, 9.17) is 10.5 Å². The summed E-state index contributed by atoms with van der Waals surface area (Å²) < 4.78 is 6.46. The lowest BCUT2D eigenvalue weighted by Crippen LogP contribution is -2.39. The zero-order chi connectivity index (χ0) is 12.5.